The number of hydrogen-bond donors (Lipinski definition) is 1. The van der Waals surface area contributed by atoms with Gasteiger partial charge in [0, 0.05) is 25.2 Å². The van der Waals surface area contributed by atoms with Crippen LogP contribution in [0.4, 0.5) is 11.5 Å². The van der Waals surface area contributed by atoms with Crippen molar-refractivity contribution >= 4 is 39.9 Å². The van der Waals surface area contributed by atoms with Crippen LogP contribution < -0.4 is 14.8 Å². The topological polar surface area (TPSA) is 85.8 Å². The normalized spacial score (nSPS) is 14.3. The molecule has 2 aromatic carbocycles. The smallest absolute Gasteiger partial charge is 0.263 e. The van der Waals surface area contributed by atoms with E-state index in [0.717, 1.165) is 12.1 Å². The molecule has 182 valence electrons. The van der Waals surface area contributed by atoms with E-state index in [1.165, 1.54) is 6.33 Å². The maximum absolute atomic E-state index is 12.9. The van der Waals surface area contributed by atoms with Crippen molar-refractivity contribution in [3.05, 3.63) is 47.7 Å². The number of ether oxygens (including phenoxy) is 3. The number of carbonyl (C=O) groups is 1. The average molecular weight is 495 g/mol. The number of unbranched alkanes of at least 4 members (excludes halogenated alkanes) is 1. The van der Waals surface area contributed by atoms with E-state index in [0.29, 0.717) is 72.6 Å². The highest BCUT2D eigenvalue weighted by atomic mass is 35.5. The van der Waals surface area contributed by atoms with E-state index in [9.17, 15) is 4.79 Å². The van der Waals surface area contributed by atoms with Gasteiger partial charge in [0.25, 0.3) is 5.91 Å². The summed E-state index contributed by atoms with van der Waals surface area (Å²) >= 11 is 6.42. The van der Waals surface area contributed by atoms with Crippen molar-refractivity contribution in [3.63, 3.8) is 0 Å². The number of fused-ring (bicyclic) bond motifs is 1. The third kappa shape index (κ3) is 6.13. The van der Waals surface area contributed by atoms with E-state index < -0.39 is 6.10 Å². The van der Waals surface area contributed by atoms with Gasteiger partial charge in [0.1, 0.15) is 23.6 Å². The summed E-state index contributed by atoms with van der Waals surface area (Å²) in [6.07, 6.45) is 7.48. The molecule has 9 heteroatoms. The Morgan fingerprint density at radius 2 is 2.09 bits per heavy atom. The number of halogens is 1. The number of nitrogens with one attached hydrogen (secondary N) is 1. The minimum Gasteiger partial charge on any atom is -0.492 e. The van der Waals surface area contributed by atoms with Gasteiger partial charge in [-0.2, -0.15) is 0 Å². The van der Waals surface area contributed by atoms with E-state index in [1.807, 2.05) is 18.2 Å². The molecule has 0 spiro atoms. The number of amides is 1. The summed E-state index contributed by atoms with van der Waals surface area (Å²) in [5.74, 6) is 4.14. The van der Waals surface area contributed by atoms with Crippen molar-refractivity contribution in [1.29, 1.82) is 0 Å². The second kappa shape index (κ2) is 11.7. The maximum Gasteiger partial charge on any atom is 0.263 e. The third-order valence-corrected chi connectivity index (χ3v) is 5.81. The van der Waals surface area contributed by atoms with Gasteiger partial charge in [0.05, 0.1) is 35.7 Å². The number of benzene rings is 2. The molecule has 0 radical (unpaired) electrons. The summed E-state index contributed by atoms with van der Waals surface area (Å²) in [5.41, 5.74) is 1.41. The molecule has 1 aromatic heterocycles. The first kappa shape index (κ1) is 24.6. The van der Waals surface area contributed by atoms with Crippen molar-refractivity contribution in [3.8, 4) is 23.8 Å². The Morgan fingerprint density at radius 1 is 1.26 bits per heavy atom. The number of carbonyl (C=O) groups excluding carboxylic acids is 1. The van der Waals surface area contributed by atoms with Crippen molar-refractivity contribution in [2.24, 2.45) is 0 Å². The van der Waals surface area contributed by atoms with Crippen molar-refractivity contribution in [2.45, 2.75) is 25.9 Å². The first-order chi connectivity index (χ1) is 17.1. The van der Waals surface area contributed by atoms with Crippen LogP contribution >= 0.6 is 11.6 Å². The number of rotatable bonds is 9. The van der Waals surface area contributed by atoms with E-state index in [1.54, 1.807) is 30.0 Å². The highest BCUT2D eigenvalue weighted by Gasteiger charge is 2.25. The lowest BCUT2D eigenvalue weighted by Crippen LogP contribution is -2.46. The predicted octanol–water partition coefficient (Wildman–Crippen LogP) is 4.45. The summed E-state index contributed by atoms with van der Waals surface area (Å²) in [6, 6.07) is 10.9. The van der Waals surface area contributed by atoms with E-state index in [-0.39, 0.29) is 5.91 Å². The Bertz CT molecular complexity index is 1220. The molecule has 0 unspecified atom stereocenters. The minimum atomic E-state index is -0.674. The Hall–Kier alpha value is -3.54. The molecule has 35 heavy (non-hydrogen) atoms. The highest BCUT2D eigenvalue weighted by Crippen LogP contribution is 2.34. The number of anilines is 2. The number of morpholine rings is 1. The lowest BCUT2D eigenvalue weighted by atomic mass is 10.2. The van der Waals surface area contributed by atoms with Crippen molar-refractivity contribution in [2.75, 3.05) is 38.2 Å². The van der Waals surface area contributed by atoms with Gasteiger partial charge in [-0.25, -0.2) is 9.97 Å². The molecule has 0 aliphatic carbocycles. The van der Waals surface area contributed by atoms with Gasteiger partial charge < -0.3 is 24.4 Å². The molecule has 2 heterocycles. The molecule has 1 atom stereocenters. The van der Waals surface area contributed by atoms with Crippen LogP contribution in [0.15, 0.2) is 42.7 Å². The predicted molar refractivity (Wildman–Crippen MR) is 135 cm³/mol. The molecule has 0 bridgehead atoms. The van der Waals surface area contributed by atoms with Crippen molar-refractivity contribution in [1.82, 2.24) is 14.9 Å². The largest absolute Gasteiger partial charge is 0.492 e. The highest BCUT2D eigenvalue weighted by molar-refractivity contribution is 6.32. The van der Waals surface area contributed by atoms with E-state index in [4.69, 9.17) is 32.2 Å². The lowest BCUT2D eigenvalue weighted by Gasteiger charge is -2.29. The van der Waals surface area contributed by atoms with Gasteiger partial charge in [-0.1, -0.05) is 17.7 Å². The Morgan fingerprint density at radius 3 is 2.86 bits per heavy atom. The van der Waals surface area contributed by atoms with Gasteiger partial charge in [0.15, 0.2) is 6.10 Å². The van der Waals surface area contributed by atoms with Gasteiger partial charge in [-0.15, -0.1) is 12.3 Å². The zero-order chi connectivity index (χ0) is 24.6. The molecule has 1 saturated heterocycles. The second-order valence-electron chi connectivity index (χ2n) is 8.00. The van der Waals surface area contributed by atoms with Gasteiger partial charge >= 0.3 is 0 Å². The number of terminal acetylenes is 1. The molecule has 0 saturated carbocycles. The molecular weight excluding hydrogens is 468 g/mol. The van der Waals surface area contributed by atoms with Crippen LogP contribution in [0, 0.1) is 12.3 Å². The van der Waals surface area contributed by atoms with Crippen LogP contribution in [0.2, 0.25) is 5.02 Å². The fraction of sp³-hybridized carbons (Fsp3) is 0.346. The van der Waals surface area contributed by atoms with Crippen LogP contribution in [0.25, 0.3) is 10.9 Å². The molecule has 8 nitrogen and oxygen atoms in total. The van der Waals surface area contributed by atoms with Gasteiger partial charge in [0.2, 0.25) is 0 Å². The van der Waals surface area contributed by atoms with Crippen LogP contribution in [-0.2, 0) is 9.53 Å². The van der Waals surface area contributed by atoms with E-state index >= 15 is 0 Å². The van der Waals surface area contributed by atoms with Crippen LogP contribution in [-0.4, -0.2) is 59.8 Å². The standard InChI is InChI=1S/C26H27ClN4O4/c1-3-4-5-13-34-22-10-9-19(16-20(22)27)30-25-24-21(28-17-29-25)7-6-8-23(24)35-18(2)26(32)31-11-14-33-15-12-31/h1,6-10,16-18H,4-5,11-15H2,2H3,(H,28,29,30)/t18-/m1/s1. The summed E-state index contributed by atoms with van der Waals surface area (Å²) in [4.78, 5) is 23.4. The molecule has 1 amide bonds. The first-order valence-corrected chi connectivity index (χ1v) is 11.8. The number of hydrogen-bond acceptors (Lipinski definition) is 7. The average Bonchev–Trinajstić information content (AvgIpc) is 2.88. The molecule has 3 aromatic rings. The summed E-state index contributed by atoms with van der Waals surface area (Å²) < 4.78 is 17.2. The number of aromatic nitrogens is 2. The monoisotopic (exact) mass is 494 g/mol. The molecule has 1 N–H and O–H groups in total. The molecule has 1 aliphatic heterocycles. The Labute approximate surface area is 209 Å². The quantitative estimate of drug-likeness (QED) is 0.347. The van der Waals surface area contributed by atoms with Crippen molar-refractivity contribution < 1.29 is 19.0 Å². The summed E-state index contributed by atoms with van der Waals surface area (Å²) in [5, 5.41) is 4.42. The van der Waals surface area contributed by atoms with Crippen LogP contribution in [0.3, 0.4) is 0 Å². The van der Waals surface area contributed by atoms with Gasteiger partial charge in [-0.05, 0) is 43.7 Å². The molecule has 4 rings (SSSR count). The fourth-order valence-electron chi connectivity index (χ4n) is 3.74. The SMILES string of the molecule is C#CCCCOc1ccc(Nc2ncnc3cccc(O[C@H](C)C(=O)N4CCOCC4)c23)cc1Cl. The lowest BCUT2D eigenvalue weighted by molar-refractivity contribution is -0.142. The number of nitrogens with zero attached hydrogens (tertiary/aromatic N) is 3. The Kier molecular flexibility index (Phi) is 8.24. The van der Waals surface area contributed by atoms with Gasteiger partial charge in [-0.3, -0.25) is 4.79 Å². The minimum absolute atomic E-state index is 0.0822. The fourth-order valence-corrected chi connectivity index (χ4v) is 3.98. The first-order valence-electron chi connectivity index (χ1n) is 11.5. The van der Waals surface area contributed by atoms with Crippen LogP contribution in [0.5, 0.6) is 11.5 Å². The zero-order valence-electron chi connectivity index (χ0n) is 19.5. The van der Waals surface area contributed by atoms with Crippen LogP contribution in [0.1, 0.15) is 19.8 Å². The zero-order valence-corrected chi connectivity index (χ0v) is 20.3. The second-order valence-corrected chi connectivity index (χ2v) is 8.40. The molecule has 1 fully saturated rings. The maximum atomic E-state index is 12.9. The summed E-state index contributed by atoms with van der Waals surface area (Å²) in [6.45, 7) is 4.42. The van der Waals surface area contributed by atoms with E-state index in [2.05, 4.69) is 21.2 Å². The third-order valence-electron chi connectivity index (χ3n) is 5.52. The Balaban J connectivity index is 1.53. The molecular formula is C26H27ClN4O4. The molecule has 1 aliphatic rings. The summed E-state index contributed by atoms with van der Waals surface area (Å²) in [7, 11) is 0.